The number of nitrogens with zero attached hydrogens (tertiary/aromatic N) is 1. The number of rotatable bonds is 5. The van der Waals surface area contributed by atoms with Crippen LogP contribution in [-0.2, 0) is 4.79 Å². The zero-order valence-electron chi connectivity index (χ0n) is 24.1. The molecule has 210 valence electrons. The molecule has 7 heteroatoms. The number of carbonyl (C=O) groups excluding carboxylic acids is 3. The Bertz CT molecular complexity index is 1600. The number of para-hydroxylation sites is 1. The largest absolute Gasteiger partial charge is 0.493 e. The summed E-state index contributed by atoms with van der Waals surface area (Å²) in [6.45, 7) is 5.62. The quantitative estimate of drug-likeness (QED) is 0.373. The smallest absolute Gasteiger partial charge is 0.203 e. The summed E-state index contributed by atoms with van der Waals surface area (Å²) in [7, 11) is 4.55. The molecule has 3 aromatic rings. The molecular weight excluding hydrogens is 518 g/mol. The van der Waals surface area contributed by atoms with Gasteiger partial charge in [0, 0.05) is 33.7 Å². The normalized spacial score (nSPS) is 21.9. The summed E-state index contributed by atoms with van der Waals surface area (Å²) >= 11 is 0. The first-order valence-electron chi connectivity index (χ1n) is 13.7. The van der Waals surface area contributed by atoms with Crippen LogP contribution in [0.3, 0.4) is 0 Å². The number of ketones is 3. The van der Waals surface area contributed by atoms with E-state index in [1.165, 1.54) is 21.3 Å². The SMILES string of the molecule is COc1ccc([C@@H]2[C@@H](C(=O)C(C)(C)C)N3c4ccccc4C=C[C@H]3C23C(=O)c2ccccc2C3=O)c(OC)c1OC. The highest BCUT2D eigenvalue weighted by atomic mass is 16.5. The van der Waals surface area contributed by atoms with Crippen LogP contribution in [0.2, 0.25) is 0 Å². The van der Waals surface area contributed by atoms with Crippen molar-refractivity contribution in [3.63, 3.8) is 0 Å². The zero-order chi connectivity index (χ0) is 29.3. The molecule has 6 rings (SSSR count). The summed E-state index contributed by atoms with van der Waals surface area (Å²) in [5.41, 5.74) is 0.614. The molecule has 2 aliphatic heterocycles. The van der Waals surface area contributed by atoms with Crippen LogP contribution in [-0.4, -0.2) is 50.8 Å². The molecule has 2 heterocycles. The van der Waals surface area contributed by atoms with Crippen molar-refractivity contribution in [1.82, 2.24) is 0 Å². The molecule has 1 fully saturated rings. The van der Waals surface area contributed by atoms with E-state index in [2.05, 4.69) is 0 Å². The van der Waals surface area contributed by atoms with E-state index in [4.69, 9.17) is 14.2 Å². The molecule has 0 aromatic heterocycles. The summed E-state index contributed by atoms with van der Waals surface area (Å²) < 4.78 is 17.2. The van der Waals surface area contributed by atoms with E-state index < -0.39 is 28.8 Å². The molecule has 7 nitrogen and oxygen atoms in total. The van der Waals surface area contributed by atoms with Gasteiger partial charge in [0.25, 0.3) is 0 Å². The van der Waals surface area contributed by atoms with Crippen molar-refractivity contribution in [3.05, 3.63) is 89.0 Å². The van der Waals surface area contributed by atoms with E-state index in [0.717, 1.165) is 11.3 Å². The maximum absolute atomic E-state index is 14.8. The molecule has 0 unspecified atom stereocenters. The lowest BCUT2D eigenvalue weighted by molar-refractivity contribution is -0.127. The van der Waals surface area contributed by atoms with E-state index in [1.807, 2.05) is 62.1 Å². The molecule has 0 radical (unpaired) electrons. The molecule has 1 aliphatic carbocycles. The highest BCUT2D eigenvalue weighted by Gasteiger charge is 2.72. The van der Waals surface area contributed by atoms with Crippen LogP contribution in [0.1, 0.15) is 58.5 Å². The van der Waals surface area contributed by atoms with Crippen LogP contribution in [0.5, 0.6) is 17.2 Å². The second-order valence-corrected chi connectivity index (χ2v) is 11.8. The number of carbonyl (C=O) groups is 3. The van der Waals surface area contributed by atoms with Gasteiger partial charge in [-0.25, -0.2) is 0 Å². The van der Waals surface area contributed by atoms with Crippen LogP contribution >= 0.6 is 0 Å². The molecule has 0 amide bonds. The number of Topliss-reactive ketones (excluding diaryl/α,β-unsaturated/α-hetero) is 3. The van der Waals surface area contributed by atoms with Gasteiger partial charge in [-0.15, -0.1) is 0 Å². The summed E-state index contributed by atoms with van der Waals surface area (Å²) in [6.07, 6.45) is 3.87. The first-order valence-corrected chi connectivity index (χ1v) is 13.7. The minimum absolute atomic E-state index is 0.0807. The molecule has 0 bridgehead atoms. The lowest BCUT2D eigenvalue weighted by atomic mass is 9.63. The topological polar surface area (TPSA) is 82.1 Å². The van der Waals surface area contributed by atoms with Crippen molar-refractivity contribution in [2.45, 2.75) is 38.8 Å². The van der Waals surface area contributed by atoms with Crippen molar-refractivity contribution in [2.75, 3.05) is 26.2 Å². The predicted molar refractivity (Wildman–Crippen MR) is 156 cm³/mol. The van der Waals surface area contributed by atoms with Crippen LogP contribution in [0.15, 0.2) is 66.7 Å². The maximum Gasteiger partial charge on any atom is 0.203 e. The third kappa shape index (κ3) is 3.47. The monoisotopic (exact) mass is 551 g/mol. The minimum Gasteiger partial charge on any atom is -0.493 e. The molecule has 0 saturated carbocycles. The highest BCUT2D eigenvalue weighted by molar-refractivity contribution is 6.32. The molecule has 0 N–H and O–H groups in total. The van der Waals surface area contributed by atoms with Gasteiger partial charge in [0.2, 0.25) is 5.75 Å². The van der Waals surface area contributed by atoms with Gasteiger partial charge in [-0.05, 0) is 17.7 Å². The van der Waals surface area contributed by atoms with Crippen LogP contribution in [0, 0.1) is 10.8 Å². The molecule has 3 atom stereocenters. The number of hydrogen-bond acceptors (Lipinski definition) is 7. The Kier molecular flexibility index (Phi) is 6.10. The Morgan fingerprint density at radius 1 is 0.805 bits per heavy atom. The predicted octanol–water partition coefficient (Wildman–Crippen LogP) is 5.76. The molecule has 41 heavy (non-hydrogen) atoms. The van der Waals surface area contributed by atoms with Crippen LogP contribution < -0.4 is 19.1 Å². The maximum atomic E-state index is 14.8. The summed E-state index contributed by atoms with van der Waals surface area (Å²) in [5.74, 6) is -0.446. The molecule has 1 saturated heterocycles. The number of ether oxygens (including phenoxy) is 3. The van der Waals surface area contributed by atoms with Gasteiger partial charge < -0.3 is 19.1 Å². The lowest BCUT2D eigenvalue weighted by Gasteiger charge is -2.38. The van der Waals surface area contributed by atoms with Gasteiger partial charge in [0.1, 0.15) is 5.41 Å². The molecular formula is C34H33NO6. The lowest BCUT2D eigenvalue weighted by Crippen LogP contribution is -2.49. The summed E-state index contributed by atoms with van der Waals surface area (Å²) in [5, 5.41) is 0. The van der Waals surface area contributed by atoms with Crippen molar-refractivity contribution < 1.29 is 28.6 Å². The van der Waals surface area contributed by atoms with E-state index in [1.54, 1.807) is 36.4 Å². The number of hydrogen-bond donors (Lipinski definition) is 0. The Morgan fingerprint density at radius 3 is 2.00 bits per heavy atom. The highest BCUT2D eigenvalue weighted by Crippen LogP contribution is 2.63. The second-order valence-electron chi connectivity index (χ2n) is 11.8. The number of fused-ring (bicyclic) bond motifs is 5. The zero-order valence-corrected chi connectivity index (χ0v) is 24.1. The Balaban J connectivity index is 1.74. The van der Waals surface area contributed by atoms with Crippen molar-refractivity contribution in [1.29, 1.82) is 0 Å². The molecule has 1 spiro atoms. The fourth-order valence-corrected chi connectivity index (χ4v) is 7.07. The Labute approximate surface area is 239 Å². The van der Waals surface area contributed by atoms with E-state index >= 15 is 0 Å². The van der Waals surface area contributed by atoms with Gasteiger partial charge >= 0.3 is 0 Å². The van der Waals surface area contributed by atoms with Gasteiger partial charge in [-0.2, -0.15) is 0 Å². The van der Waals surface area contributed by atoms with Gasteiger partial charge in [0.15, 0.2) is 28.8 Å². The van der Waals surface area contributed by atoms with Crippen LogP contribution in [0.25, 0.3) is 6.08 Å². The molecule has 3 aliphatic rings. The Hall–Kier alpha value is -4.39. The van der Waals surface area contributed by atoms with Crippen molar-refractivity contribution in [3.8, 4) is 17.2 Å². The van der Waals surface area contributed by atoms with Gasteiger partial charge in [-0.1, -0.05) is 81.5 Å². The fraction of sp³-hybridized carbons (Fsp3) is 0.324. The first-order chi connectivity index (χ1) is 19.6. The first kappa shape index (κ1) is 26.8. The average molecular weight is 552 g/mol. The Morgan fingerprint density at radius 2 is 1.41 bits per heavy atom. The summed E-state index contributed by atoms with van der Waals surface area (Å²) in [4.78, 5) is 46.2. The average Bonchev–Trinajstić information content (AvgIpc) is 3.41. The van der Waals surface area contributed by atoms with E-state index in [9.17, 15) is 14.4 Å². The van der Waals surface area contributed by atoms with Crippen LogP contribution in [0.4, 0.5) is 5.69 Å². The number of methoxy groups -OCH3 is 3. The van der Waals surface area contributed by atoms with E-state index in [-0.39, 0.29) is 17.3 Å². The van der Waals surface area contributed by atoms with Gasteiger partial charge in [0.05, 0.1) is 33.4 Å². The third-order valence-corrected chi connectivity index (χ3v) is 8.79. The second kappa shape index (κ2) is 9.33. The van der Waals surface area contributed by atoms with Crippen molar-refractivity contribution in [2.24, 2.45) is 10.8 Å². The third-order valence-electron chi connectivity index (χ3n) is 8.79. The number of anilines is 1. The van der Waals surface area contributed by atoms with Gasteiger partial charge in [-0.3, -0.25) is 14.4 Å². The fourth-order valence-electron chi connectivity index (χ4n) is 7.07. The minimum atomic E-state index is -1.62. The molecule has 3 aromatic carbocycles. The van der Waals surface area contributed by atoms with Crippen molar-refractivity contribution >= 4 is 29.1 Å². The summed E-state index contributed by atoms with van der Waals surface area (Å²) in [6, 6.07) is 16.7. The standard InChI is InChI=1S/C34H33NO6/c1-33(2,3)32(38)27-26(22-16-17-24(39-4)29(41-6)28(22)40-5)34(30(36)20-12-8-9-13-21(20)31(34)37)25-18-15-19-11-7-10-14-23(19)35(25)27/h7-18,25-27H,1-6H3/t25-,26+,27-/m0/s1. The number of benzene rings is 3. The van der Waals surface area contributed by atoms with E-state index in [0.29, 0.717) is 33.9 Å².